The van der Waals surface area contributed by atoms with Crippen molar-refractivity contribution in [2.24, 2.45) is 16.6 Å². The van der Waals surface area contributed by atoms with E-state index in [0.29, 0.717) is 5.41 Å². The second-order valence-electron chi connectivity index (χ2n) is 7.17. The van der Waals surface area contributed by atoms with Crippen LogP contribution in [-0.2, 0) is 0 Å². The molecule has 0 amide bonds. The molecule has 0 aromatic carbocycles. The molecule has 2 rings (SSSR count). The van der Waals surface area contributed by atoms with Gasteiger partial charge in [-0.2, -0.15) is 0 Å². The van der Waals surface area contributed by atoms with E-state index in [1.54, 1.807) is 0 Å². The molecule has 2 fully saturated rings. The Labute approximate surface area is 107 Å². The first-order chi connectivity index (χ1) is 8.05. The lowest BCUT2D eigenvalue weighted by Crippen LogP contribution is -2.40. The lowest BCUT2D eigenvalue weighted by Gasteiger charge is -2.40. The number of piperidine rings is 1. The average molecular weight is 238 g/mol. The van der Waals surface area contributed by atoms with Crippen LogP contribution >= 0.6 is 0 Å². The van der Waals surface area contributed by atoms with Crippen molar-refractivity contribution in [1.29, 1.82) is 0 Å². The highest BCUT2D eigenvalue weighted by Crippen LogP contribution is 2.46. The van der Waals surface area contributed by atoms with Crippen LogP contribution in [0.4, 0.5) is 0 Å². The first-order valence-electron chi connectivity index (χ1n) is 7.48. The van der Waals surface area contributed by atoms with Gasteiger partial charge < -0.3 is 10.6 Å². The van der Waals surface area contributed by atoms with E-state index >= 15 is 0 Å². The summed E-state index contributed by atoms with van der Waals surface area (Å²) < 4.78 is 0. The highest BCUT2D eigenvalue weighted by Gasteiger charge is 2.36. The zero-order valence-corrected chi connectivity index (χ0v) is 11.8. The molecule has 1 saturated heterocycles. The molecule has 0 unspecified atom stereocenters. The fraction of sp³-hybridized carbons (Fsp3) is 1.00. The second-order valence-corrected chi connectivity index (χ2v) is 7.17. The maximum atomic E-state index is 5.80. The van der Waals surface area contributed by atoms with E-state index in [9.17, 15) is 0 Å². The minimum Gasteiger partial charge on any atom is -0.330 e. The van der Waals surface area contributed by atoms with Crippen molar-refractivity contribution in [2.45, 2.75) is 58.8 Å². The lowest BCUT2D eigenvalue weighted by atomic mass is 9.77. The van der Waals surface area contributed by atoms with Gasteiger partial charge in [-0.25, -0.2) is 0 Å². The van der Waals surface area contributed by atoms with Gasteiger partial charge in [0, 0.05) is 0 Å². The molecular weight excluding hydrogens is 208 g/mol. The van der Waals surface area contributed by atoms with Crippen LogP contribution in [0, 0.1) is 10.8 Å². The Morgan fingerprint density at radius 3 is 2.18 bits per heavy atom. The smallest absolute Gasteiger partial charge is 0.00132 e. The number of hydrogen-bond donors (Lipinski definition) is 1. The normalized spacial score (nSPS) is 25.6. The summed E-state index contributed by atoms with van der Waals surface area (Å²) in [6, 6.07) is 0. The Morgan fingerprint density at radius 1 is 1.06 bits per heavy atom. The third kappa shape index (κ3) is 3.45. The zero-order chi connectivity index (χ0) is 12.4. The van der Waals surface area contributed by atoms with Gasteiger partial charge in [-0.3, -0.25) is 0 Å². The average Bonchev–Trinajstić information content (AvgIpc) is 2.77. The highest BCUT2D eigenvalue weighted by molar-refractivity contribution is 4.89. The third-order valence-electron chi connectivity index (χ3n) is 5.24. The molecule has 2 aliphatic rings. The summed E-state index contributed by atoms with van der Waals surface area (Å²) in [5, 5.41) is 0. The summed E-state index contributed by atoms with van der Waals surface area (Å²) in [4.78, 5) is 2.67. The summed E-state index contributed by atoms with van der Waals surface area (Å²) in [6.45, 7) is 9.30. The molecule has 1 aliphatic carbocycles. The number of nitrogens with two attached hydrogens (primary N) is 1. The van der Waals surface area contributed by atoms with Crippen molar-refractivity contribution in [2.75, 3.05) is 26.2 Å². The van der Waals surface area contributed by atoms with Crippen LogP contribution in [0.2, 0.25) is 0 Å². The molecule has 100 valence electrons. The minimum atomic E-state index is 0.322. The number of hydrogen-bond acceptors (Lipinski definition) is 2. The Bertz CT molecular complexity index is 231. The predicted molar refractivity (Wildman–Crippen MR) is 74.0 cm³/mol. The maximum Gasteiger partial charge on any atom is -0.00132 e. The van der Waals surface area contributed by atoms with E-state index < -0.39 is 0 Å². The molecule has 1 heterocycles. The zero-order valence-electron chi connectivity index (χ0n) is 11.8. The van der Waals surface area contributed by atoms with Gasteiger partial charge in [-0.15, -0.1) is 0 Å². The number of rotatable bonds is 4. The van der Waals surface area contributed by atoms with Crippen molar-refractivity contribution in [3.8, 4) is 0 Å². The molecule has 1 aliphatic heterocycles. The van der Waals surface area contributed by atoms with E-state index in [1.807, 2.05) is 0 Å². The molecule has 2 N–H and O–H groups in total. The van der Waals surface area contributed by atoms with E-state index in [2.05, 4.69) is 18.7 Å². The van der Waals surface area contributed by atoms with E-state index in [1.165, 1.54) is 64.6 Å². The molecule has 0 aromatic heterocycles. The number of nitrogens with zero attached hydrogens (tertiary/aromatic N) is 1. The minimum absolute atomic E-state index is 0.322. The van der Waals surface area contributed by atoms with Crippen LogP contribution in [0.3, 0.4) is 0 Å². The third-order valence-corrected chi connectivity index (χ3v) is 5.24. The molecule has 2 heteroatoms. The fourth-order valence-corrected chi connectivity index (χ4v) is 3.44. The molecular formula is C15H30N2. The Kier molecular flexibility index (Phi) is 4.14. The van der Waals surface area contributed by atoms with Crippen LogP contribution in [-0.4, -0.2) is 31.1 Å². The van der Waals surface area contributed by atoms with Crippen molar-refractivity contribution in [3.63, 3.8) is 0 Å². The van der Waals surface area contributed by atoms with Crippen molar-refractivity contribution >= 4 is 0 Å². The van der Waals surface area contributed by atoms with E-state index in [-0.39, 0.29) is 0 Å². The van der Waals surface area contributed by atoms with Gasteiger partial charge in [0.2, 0.25) is 0 Å². The quantitative estimate of drug-likeness (QED) is 0.816. The molecule has 0 bridgehead atoms. The van der Waals surface area contributed by atoms with Crippen molar-refractivity contribution in [3.05, 3.63) is 0 Å². The first-order valence-corrected chi connectivity index (χ1v) is 7.48. The van der Waals surface area contributed by atoms with Gasteiger partial charge in [0.1, 0.15) is 0 Å². The highest BCUT2D eigenvalue weighted by atomic mass is 15.1. The topological polar surface area (TPSA) is 29.3 Å². The Morgan fingerprint density at radius 2 is 1.65 bits per heavy atom. The SMILES string of the molecule is CC(C)(CN)CCN1CCC2(CCCC2)CC1. The number of likely N-dealkylation sites (tertiary alicyclic amines) is 1. The molecule has 0 aromatic rings. The molecule has 2 nitrogen and oxygen atoms in total. The van der Waals surface area contributed by atoms with Gasteiger partial charge in [-0.05, 0) is 69.1 Å². The summed E-state index contributed by atoms with van der Waals surface area (Å²) in [5.74, 6) is 0. The summed E-state index contributed by atoms with van der Waals surface area (Å²) >= 11 is 0. The molecule has 17 heavy (non-hydrogen) atoms. The van der Waals surface area contributed by atoms with Crippen LogP contribution in [0.5, 0.6) is 0 Å². The van der Waals surface area contributed by atoms with Crippen LogP contribution in [0.25, 0.3) is 0 Å². The molecule has 0 atom stereocenters. The van der Waals surface area contributed by atoms with E-state index in [0.717, 1.165) is 12.0 Å². The fourth-order valence-electron chi connectivity index (χ4n) is 3.44. The lowest BCUT2D eigenvalue weighted by molar-refractivity contribution is 0.0984. The predicted octanol–water partition coefficient (Wildman–Crippen LogP) is 3.02. The second kappa shape index (κ2) is 5.27. The summed E-state index contributed by atoms with van der Waals surface area (Å²) in [7, 11) is 0. The standard InChI is InChI=1S/C15H30N2/c1-14(2,13-16)7-10-17-11-8-15(9-12-17)5-3-4-6-15/h3-13,16H2,1-2H3. The largest absolute Gasteiger partial charge is 0.330 e. The van der Waals surface area contributed by atoms with Crippen LogP contribution < -0.4 is 5.73 Å². The monoisotopic (exact) mass is 238 g/mol. The molecule has 0 radical (unpaired) electrons. The Balaban J connectivity index is 1.72. The van der Waals surface area contributed by atoms with Crippen molar-refractivity contribution in [1.82, 2.24) is 4.90 Å². The molecule has 1 saturated carbocycles. The maximum absolute atomic E-state index is 5.80. The first kappa shape index (κ1) is 13.4. The van der Waals surface area contributed by atoms with Crippen LogP contribution in [0.15, 0.2) is 0 Å². The Hall–Kier alpha value is -0.0800. The van der Waals surface area contributed by atoms with Gasteiger partial charge >= 0.3 is 0 Å². The van der Waals surface area contributed by atoms with Gasteiger partial charge in [0.05, 0.1) is 0 Å². The van der Waals surface area contributed by atoms with Gasteiger partial charge in [0.15, 0.2) is 0 Å². The summed E-state index contributed by atoms with van der Waals surface area (Å²) in [5.41, 5.74) is 6.88. The van der Waals surface area contributed by atoms with E-state index in [4.69, 9.17) is 5.73 Å². The molecule has 1 spiro atoms. The summed E-state index contributed by atoms with van der Waals surface area (Å²) in [6.07, 6.45) is 10.1. The van der Waals surface area contributed by atoms with Crippen molar-refractivity contribution < 1.29 is 0 Å². The van der Waals surface area contributed by atoms with Gasteiger partial charge in [0.25, 0.3) is 0 Å². The van der Waals surface area contributed by atoms with Gasteiger partial charge in [-0.1, -0.05) is 26.7 Å². The van der Waals surface area contributed by atoms with Crippen LogP contribution in [0.1, 0.15) is 58.8 Å².